The molecule has 140 valence electrons. The third kappa shape index (κ3) is 2.87. The molecule has 0 saturated carbocycles. The molecule has 0 radical (unpaired) electrons. The predicted molar refractivity (Wildman–Crippen MR) is 116 cm³/mol. The van der Waals surface area contributed by atoms with Crippen LogP contribution in [0.15, 0.2) is 102 Å². The van der Waals surface area contributed by atoms with Crippen LogP contribution in [-0.2, 0) is 13.9 Å². The van der Waals surface area contributed by atoms with E-state index in [9.17, 15) is 13.9 Å². The van der Waals surface area contributed by atoms with E-state index in [0.29, 0.717) is 26.5 Å². The molecule has 0 bridgehead atoms. The molecule has 0 amide bonds. The van der Waals surface area contributed by atoms with E-state index in [1.165, 1.54) is 0 Å². The Kier molecular flexibility index (Phi) is 4.83. The predicted octanol–water partition coefficient (Wildman–Crippen LogP) is 4.50. The van der Waals surface area contributed by atoms with Crippen LogP contribution in [0.25, 0.3) is 0 Å². The lowest BCUT2D eigenvalue weighted by Crippen LogP contribution is -2.19. The fourth-order valence-corrected chi connectivity index (χ4v) is 12.0. The van der Waals surface area contributed by atoms with Gasteiger partial charge in [-0.1, -0.05) is 91.0 Å². The summed E-state index contributed by atoms with van der Waals surface area (Å²) in [5, 5.41) is 2.11. The van der Waals surface area contributed by atoms with Crippen molar-refractivity contribution in [2.24, 2.45) is 0 Å². The average molecular weight is 406 g/mol. The van der Waals surface area contributed by atoms with E-state index in [4.69, 9.17) is 0 Å². The molecule has 3 aromatic rings. The van der Waals surface area contributed by atoms with Crippen LogP contribution in [0, 0.1) is 0 Å². The van der Waals surface area contributed by atoms with Crippen LogP contribution in [0.5, 0.6) is 0 Å². The Morgan fingerprint density at radius 3 is 1.64 bits per heavy atom. The van der Waals surface area contributed by atoms with Crippen molar-refractivity contribution in [3.05, 3.63) is 102 Å². The summed E-state index contributed by atoms with van der Waals surface area (Å²) >= 11 is 0. The van der Waals surface area contributed by atoms with Crippen LogP contribution in [0.2, 0.25) is 0 Å². The van der Waals surface area contributed by atoms with Crippen molar-refractivity contribution in [2.75, 3.05) is 6.16 Å². The minimum absolute atomic E-state index is 0.0954. The van der Waals surface area contributed by atoms with Crippen LogP contribution in [-0.4, -0.2) is 11.9 Å². The number of ketones is 1. The molecule has 0 aliphatic carbocycles. The summed E-state index contributed by atoms with van der Waals surface area (Å²) in [4.78, 5) is 12.7. The molecule has 1 aliphatic rings. The van der Waals surface area contributed by atoms with Gasteiger partial charge in [0.1, 0.15) is 0 Å². The topological polar surface area (TPSA) is 51.2 Å². The van der Waals surface area contributed by atoms with Gasteiger partial charge in [-0.3, -0.25) is 4.79 Å². The van der Waals surface area contributed by atoms with Crippen LogP contribution < -0.4 is 15.9 Å². The van der Waals surface area contributed by atoms with E-state index in [1.807, 2.05) is 42.5 Å². The fraction of sp³-hybridized carbons (Fsp3) is 0.0870. The number of benzene rings is 3. The Bertz CT molecular complexity index is 1110. The molecule has 0 aromatic heterocycles. The zero-order chi connectivity index (χ0) is 19.8. The number of carbonyl (C=O) groups excluding carboxylic acids is 1. The molecule has 0 N–H and O–H groups in total. The third-order valence-electron chi connectivity index (χ3n) is 5.17. The lowest BCUT2D eigenvalue weighted by atomic mass is 10.2. The number of hydrogen-bond acceptors (Lipinski definition) is 3. The third-order valence-corrected chi connectivity index (χ3v) is 12.9. The summed E-state index contributed by atoms with van der Waals surface area (Å²) in [6, 6.07) is 27.2. The number of Topliss-reactive ketones (excluding diaryl/α,β-unsaturated/α-hetero) is 1. The summed E-state index contributed by atoms with van der Waals surface area (Å²) in [5.41, 5.74) is 0.378. The highest BCUT2D eigenvalue weighted by molar-refractivity contribution is 7.98. The molecule has 0 spiro atoms. The van der Waals surface area contributed by atoms with Gasteiger partial charge >= 0.3 is 0 Å². The molecule has 1 aliphatic heterocycles. The lowest BCUT2D eigenvalue weighted by molar-refractivity contribution is -0.113. The molecule has 5 heteroatoms. The van der Waals surface area contributed by atoms with Crippen molar-refractivity contribution in [2.45, 2.75) is 6.92 Å². The Morgan fingerprint density at radius 1 is 0.750 bits per heavy atom. The largest absolute Gasteiger partial charge is 0.313 e. The van der Waals surface area contributed by atoms with Crippen molar-refractivity contribution in [3.8, 4) is 0 Å². The van der Waals surface area contributed by atoms with Gasteiger partial charge < -0.3 is 9.13 Å². The van der Waals surface area contributed by atoms with E-state index in [0.717, 1.165) is 0 Å². The Labute approximate surface area is 164 Å². The van der Waals surface area contributed by atoms with Gasteiger partial charge in [-0.05, 0) is 6.92 Å². The quantitative estimate of drug-likeness (QED) is 0.600. The van der Waals surface area contributed by atoms with Gasteiger partial charge in [-0.25, -0.2) is 0 Å². The first-order chi connectivity index (χ1) is 13.5. The highest BCUT2D eigenvalue weighted by Gasteiger charge is 2.50. The highest BCUT2D eigenvalue weighted by Crippen LogP contribution is 2.73. The maximum Gasteiger partial charge on any atom is 0.175 e. The fourth-order valence-electron chi connectivity index (χ4n) is 3.81. The van der Waals surface area contributed by atoms with E-state index >= 15 is 0 Å². The first-order valence-corrected chi connectivity index (χ1v) is 12.7. The molecule has 1 atom stereocenters. The van der Waals surface area contributed by atoms with Crippen molar-refractivity contribution in [1.29, 1.82) is 0 Å². The van der Waals surface area contributed by atoms with Gasteiger partial charge in [-0.2, -0.15) is 0 Å². The zero-order valence-electron chi connectivity index (χ0n) is 15.5. The van der Waals surface area contributed by atoms with Gasteiger partial charge in [0.25, 0.3) is 0 Å². The number of hydrogen-bond donors (Lipinski definition) is 0. The van der Waals surface area contributed by atoms with Crippen LogP contribution >= 0.6 is 14.3 Å². The summed E-state index contributed by atoms with van der Waals surface area (Å²) < 4.78 is 29.1. The van der Waals surface area contributed by atoms with Crippen LogP contribution in [0.4, 0.5) is 0 Å². The smallest absolute Gasteiger partial charge is 0.175 e. The number of carbonyl (C=O) groups is 1. The van der Waals surface area contributed by atoms with E-state index in [-0.39, 0.29) is 11.9 Å². The monoisotopic (exact) mass is 406 g/mol. The average Bonchev–Trinajstić information content (AvgIpc) is 2.99. The number of allylic oxidation sites excluding steroid dienone is 1. The zero-order valence-corrected chi connectivity index (χ0v) is 17.3. The highest BCUT2D eigenvalue weighted by atomic mass is 31.2. The Balaban J connectivity index is 2.07. The normalized spacial score (nSPS) is 19.8. The number of rotatable bonds is 4. The van der Waals surface area contributed by atoms with Gasteiger partial charge in [0.2, 0.25) is 0 Å². The molecule has 28 heavy (non-hydrogen) atoms. The van der Waals surface area contributed by atoms with E-state index in [2.05, 4.69) is 0 Å². The molecular formula is C23H20O3P2. The molecule has 4 rings (SSSR count). The molecule has 1 heterocycles. The minimum Gasteiger partial charge on any atom is -0.313 e. The first-order valence-electron chi connectivity index (χ1n) is 9.09. The Hall–Kier alpha value is -2.47. The molecule has 3 nitrogen and oxygen atoms in total. The van der Waals surface area contributed by atoms with E-state index < -0.39 is 14.3 Å². The van der Waals surface area contributed by atoms with Crippen LogP contribution in [0.3, 0.4) is 0 Å². The van der Waals surface area contributed by atoms with Crippen molar-refractivity contribution in [3.63, 3.8) is 0 Å². The summed E-state index contributed by atoms with van der Waals surface area (Å²) in [6.07, 6.45) is -0.0954. The summed E-state index contributed by atoms with van der Waals surface area (Å²) in [6.45, 7) is 1.67. The van der Waals surface area contributed by atoms with Gasteiger partial charge in [0.05, 0.1) is 11.2 Å². The minimum atomic E-state index is -3.46. The second-order valence-electron chi connectivity index (χ2n) is 6.89. The molecular weight excluding hydrogens is 386 g/mol. The maximum absolute atomic E-state index is 14.8. The SMILES string of the molecule is CC1=C(P(=O)(c2ccccc2)c2ccccc2)P(=O)(c2ccccc2)CC1=O. The van der Waals surface area contributed by atoms with Crippen molar-refractivity contribution in [1.82, 2.24) is 0 Å². The second kappa shape index (κ2) is 7.17. The van der Waals surface area contributed by atoms with Crippen molar-refractivity contribution >= 4 is 36.0 Å². The molecule has 3 aromatic carbocycles. The first kappa shape index (κ1) is 18.9. The molecule has 0 saturated heterocycles. The molecule has 0 fully saturated rings. The standard InChI is InChI=1S/C23H20O3P2/c1-18-22(24)17-27(25,19-11-5-2-6-12-19)23(18)28(26,20-13-7-3-8-14-20)21-15-9-4-10-16-21/h2-16H,17H2,1H3. The molecule has 1 unspecified atom stereocenters. The Morgan fingerprint density at radius 2 is 1.18 bits per heavy atom. The van der Waals surface area contributed by atoms with Gasteiger partial charge in [0.15, 0.2) is 20.1 Å². The summed E-state index contributed by atoms with van der Waals surface area (Å²) in [7, 11) is -6.79. The summed E-state index contributed by atoms with van der Waals surface area (Å²) in [5.74, 6) is -0.186. The van der Waals surface area contributed by atoms with Crippen LogP contribution in [0.1, 0.15) is 6.92 Å². The second-order valence-corrected chi connectivity index (χ2v) is 12.7. The van der Waals surface area contributed by atoms with E-state index in [1.54, 1.807) is 55.5 Å². The maximum atomic E-state index is 14.8. The van der Waals surface area contributed by atoms with Gasteiger partial charge in [0, 0.05) is 21.5 Å². The lowest BCUT2D eigenvalue weighted by Gasteiger charge is -2.26. The van der Waals surface area contributed by atoms with Crippen molar-refractivity contribution < 1.29 is 13.9 Å². The van der Waals surface area contributed by atoms with Gasteiger partial charge in [-0.15, -0.1) is 0 Å².